The topological polar surface area (TPSA) is 102 Å². The third-order valence-corrected chi connectivity index (χ3v) is 7.35. The fourth-order valence-corrected chi connectivity index (χ4v) is 5.37. The van der Waals surface area contributed by atoms with Gasteiger partial charge in [-0.2, -0.15) is 0 Å². The van der Waals surface area contributed by atoms with Gasteiger partial charge in [0.05, 0.1) is 24.3 Å². The largest absolute Gasteiger partial charge is 0.493 e. The van der Waals surface area contributed by atoms with Crippen LogP contribution in [0.15, 0.2) is 46.2 Å². The third-order valence-electron chi connectivity index (χ3n) is 6.27. The van der Waals surface area contributed by atoms with E-state index in [1.165, 1.54) is 11.8 Å². The van der Waals surface area contributed by atoms with Gasteiger partial charge in [-0.3, -0.25) is 14.4 Å². The highest BCUT2D eigenvalue weighted by Gasteiger charge is 2.30. The van der Waals surface area contributed by atoms with Crippen LogP contribution in [0.5, 0.6) is 11.5 Å². The van der Waals surface area contributed by atoms with Gasteiger partial charge in [-0.25, -0.2) is 0 Å². The van der Waals surface area contributed by atoms with Crippen LogP contribution >= 0.6 is 11.8 Å². The summed E-state index contributed by atoms with van der Waals surface area (Å²) >= 11 is 1.37. The third kappa shape index (κ3) is 5.14. The Morgan fingerprint density at radius 3 is 2.54 bits per heavy atom. The number of anilines is 1. The fourth-order valence-electron chi connectivity index (χ4n) is 4.28. The number of nitrogens with zero attached hydrogens (tertiary/aromatic N) is 2. The molecule has 4 rings (SSSR count). The number of thioether (sulfide) groups is 1. The Kier molecular flexibility index (Phi) is 7.35. The maximum absolute atomic E-state index is 13.1. The lowest BCUT2D eigenvalue weighted by Crippen LogP contribution is -2.41. The molecule has 0 atom stereocenters. The number of primary amides is 1. The molecule has 35 heavy (non-hydrogen) atoms. The van der Waals surface area contributed by atoms with E-state index in [-0.39, 0.29) is 23.6 Å². The Balaban J connectivity index is 1.54. The molecule has 0 aromatic heterocycles. The number of hydrogen-bond donors (Lipinski definition) is 1. The first-order valence-electron chi connectivity index (χ1n) is 11.5. The quantitative estimate of drug-likeness (QED) is 0.615. The van der Waals surface area contributed by atoms with Crippen molar-refractivity contribution in [1.82, 2.24) is 4.90 Å². The van der Waals surface area contributed by atoms with Crippen molar-refractivity contribution in [3.63, 3.8) is 0 Å². The van der Waals surface area contributed by atoms with Crippen LogP contribution in [-0.4, -0.2) is 56.5 Å². The van der Waals surface area contributed by atoms with Gasteiger partial charge in [0.15, 0.2) is 11.5 Å². The van der Waals surface area contributed by atoms with Crippen molar-refractivity contribution in [2.24, 2.45) is 11.7 Å². The second-order valence-electron chi connectivity index (χ2n) is 8.47. The van der Waals surface area contributed by atoms with Gasteiger partial charge >= 0.3 is 0 Å². The Bertz CT molecular complexity index is 1190. The number of methoxy groups -OCH3 is 1. The smallest absolute Gasteiger partial charge is 0.264 e. The summed E-state index contributed by atoms with van der Waals surface area (Å²) in [6.07, 6.45) is 2.97. The van der Waals surface area contributed by atoms with Crippen molar-refractivity contribution in [3.8, 4) is 11.5 Å². The van der Waals surface area contributed by atoms with Crippen molar-refractivity contribution < 1.29 is 23.9 Å². The molecule has 2 heterocycles. The van der Waals surface area contributed by atoms with Gasteiger partial charge in [-0.05, 0) is 61.7 Å². The van der Waals surface area contributed by atoms with Gasteiger partial charge in [-0.1, -0.05) is 17.8 Å². The van der Waals surface area contributed by atoms with Crippen LogP contribution in [0.25, 0.3) is 6.08 Å². The van der Waals surface area contributed by atoms with E-state index in [9.17, 15) is 14.4 Å². The molecule has 0 radical (unpaired) electrons. The van der Waals surface area contributed by atoms with Gasteiger partial charge in [0, 0.05) is 36.5 Å². The standard InChI is InChI=1S/C26H29N3O5S/c1-4-34-20-7-5-16(13-21(20)33-3)14-23-26(32)28(2)19-15-18(6-8-22(19)35-23)25(31)29-11-9-17(10-12-29)24(27)30/h5-8,13-15,17H,4,9-12H2,1-3H3,(H2,27,30)/b23-14+. The molecule has 0 aliphatic carbocycles. The van der Waals surface area contributed by atoms with Crippen LogP contribution in [0.3, 0.4) is 0 Å². The van der Waals surface area contributed by atoms with E-state index in [0.29, 0.717) is 60.2 Å². The number of nitrogens with two attached hydrogens (primary N) is 1. The van der Waals surface area contributed by atoms with E-state index in [1.54, 1.807) is 36.1 Å². The Morgan fingerprint density at radius 1 is 1.14 bits per heavy atom. The van der Waals surface area contributed by atoms with Gasteiger partial charge in [-0.15, -0.1) is 0 Å². The van der Waals surface area contributed by atoms with Crippen molar-refractivity contribution in [2.45, 2.75) is 24.7 Å². The number of carbonyl (C=O) groups is 3. The van der Waals surface area contributed by atoms with Crippen molar-refractivity contribution in [2.75, 3.05) is 38.8 Å². The molecule has 2 aliphatic rings. The number of fused-ring (bicyclic) bond motifs is 1. The van der Waals surface area contributed by atoms with E-state index < -0.39 is 0 Å². The van der Waals surface area contributed by atoms with E-state index in [2.05, 4.69) is 0 Å². The highest BCUT2D eigenvalue weighted by molar-refractivity contribution is 8.04. The van der Waals surface area contributed by atoms with Crippen LogP contribution < -0.4 is 20.1 Å². The normalized spacial score (nSPS) is 17.3. The monoisotopic (exact) mass is 495 g/mol. The lowest BCUT2D eigenvalue weighted by Gasteiger charge is -2.31. The van der Waals surface area contributed by atoms with Crippen LogP contribution in [0, 0.1) is 5.92 Å². The lowest BCUT2D eigenvalue weighted by molar-refractivity contribution is -0.123. The number of piperidine rings is 1. The molecule has 9 heteroatoms. The summed E-state index contributed by atoms with van der Waals surface area (Å²) in [7, 11) is 3.29. The zero-order chi connectivity index (χ0) is 25.1. The highest BCUT2D eigenvalue weighted by Crippen LogP contribution is 2.42. The minimum absolute atomic E-state index is 0.107. The molecule has 2 aromatic rings. The summed E-state index contributed by atoms with van der Waals surface area (Å²) in [6, 6.07) is 11.0. The van der Waals surface area contributed by atoms with Crippen molar-refractivity contribution in [3.05, 3.63) is 52.4 Å². The molecule has 1 saturated heterocycles. The van der Waals surface area contributed by atoms with E-state index in [4.69, 9.17) is 15.2 Å². The zero-order valence-corrected chi connectivity index (χ0v) is 20.9. The van der Waals surface area contributed by atoms with Crippen LogP contribution in [0.4, 0.5) is 5.69 Å². The average molecular weight is 496 g/mol. The summed E-state index contributed by atoms with van der Waals surface area (Å²) in [5.74, 6) is 0.509. The number of ether oxygens (including phenoxy) is 2. The first kappa shape index (κ1) is 24.7. The van der Waals surface area contributed by atoms with Crippen LogP contribution in [0.1, 0.15) is 35.7 Å². The molecule has 0 spiro atoms. The minimum Gasteiger partial charge on any atom is -0.493 e. The molecule has 2 aromatic carbocycles. The summed E-state index contributed by atoms with van der Waals surface area (Å²) < 4.78 is 11.0. The molecule has 2 aliphatic heterocycles. The lowest BCUT2D eigenvalue weighted by atomic mass is 9.96. The Hall–Kier alpha value is -3.46. The maximum Gasteiger partial charge on any atom is 0.264 e. The number of benzene rings is 2. The summed E-state index contributed by atoms with van der Waals surface area (Å²) in [5.41, 5.74) is 7.43. The van der Waals surface area contributed by atoms with Crippen LogP contribution in [0.2, 0.25) is 0 Å². The average Bonchev–Trinajstić information content (AvgIpc) is 2.87. The number of likely N-dealkylation sites (N-methyl/N-ethyl adjacent to an activating group) is 1. The predicted molar refractivity (Wildman–Crippen MR) is 136 cm³/mol. The number of rotatable bonds is 6. The molecule has 1 fully saturated rings. The van der Waals surface area contributed by atoms with E-state index in [1.807, 2.05) is 37.3 Å². The Labute approximate surface area is 209 Å². The molecular formula is C26H29N3O5S. The molecule has 3 amide bonds. The summed E-state index contributed by atoms with van der Waals surface area (Å²) in [6.45, 7) is 3.42. The molecule has 184 valence electrons. The highest BCUT2D eigenvalue weighted by atomic mass is 32.2. The van der Waals surface area contributed by atoms with E-state index in [0.717, 1.165) is 10.5 Å². The molecule has 0 unspecified atom stereocenters. The van der Waals surface area contributed by atoms with Gasteiger partial charge in [0.1, 0.15) is 0 Å². The number of carbonyl (C=O) groups excluding carboxylic acids is 3. The number of likely N-dealkylation sites (tertiary alicyclic amines) is 1. The molecular weight excluding hydrogens is 466 g/mol. The van der Waals surface area contributed by atoms with Crippen LogP contribution in [-0.2, 0) is 9.59 Å². The maximum atomic E-state index is 13.1. The van der Waals surface area contributed by atoms with Gasteiger partial charge in [0.2, 0.25) is 5.91 Å². The SMILES string of the molecule is CCOc1ccc(/C=C2/Sc3ccc(C(=O)N4CCC(C(N)=O)CC4)cc3N(C)C2=O)cc1OC. The van der Waals surface area contributed by atoms with Gasteiger partial charge < -0.3 is 25.0 Å². The second kappa shape index (κ2) is 10.4. The number of hydrogen-bond acceptors (Lipinski definition) is 6. The van der Waals surface area contributed by atoms with Gasteiger partial charge in [0.25, 0.3) is 11.8 Å². The van der Waals surface area contributed by atoms with Crippen molar-refractivity contribution >= 4 is 41.2 Å². The predicted octanol–water partition coefficient (Wildman–Crippen LogP) is 3.54. The zero-order valence-electron chi connectivity index (χ0n) is 20.1. The first-order valence-corrected chi connectivity index (χ1v) is 12.3. The summed E-state index contributed by atoms with van der Waals surface area (Å²) in [5, 5.41) is 0. The minimum atomic E-state index is -0.310. The number of amides is 3. The molecule has 0 bridgehead atoms. The summed E-state index contributed by atoms with van der Waals surface area (Å²) in [4.78, 5) is 42.4. The van der Waals surface area contributed by atoms with E-state index >= 15 is 0 Å². The molecule has 0 saturated carbocycles. The Morgan fingerprint density at radius 2 is 1.89 bits per heavy atom. The first-order chi connectivity index (χ1) is 16.8. The molecule has 8 nitrogen and oxygen atoms in total. The molecule has 2 N–H and O–H groups in total. The fraction of sp³-hybridized carbons (Fsp3) is 0.346. The second-order valence-corrected chi connectivity index (χ2v) is 9.55. The van der Waals surface area contributed by atoms with Crippen molar-refractivity contribution in [1.29, 1.82) is 0 Å².